The van der Waals surface area contributed by atoms with Crippen LogP contribution in [0.25, 0.3) is 11.3 Å². The van der Waals surface area contributed by atoms with E-state index in [1.165, 1.54) is 5.57 Å². The lowest BCUT2D eigenvalue weighted by molar-refractivity contribution is 0.775. The van der Waals surface area contributed by atoms with Crippen LogP contribution < -0.4 is 5.73 Å². The molecule has 1 heterocycles. The van der Waals surface area contributed by atoms with E-state index in [9.17, 15) is 0 Å². The summed E-state index contributed by atoms with van der Waals surface area (Å²) in [6, 6.07) is 10.2. The Morgan fingerprint density at radius 2 is 2.06 bits per heavy atom. The van der Waals surface area contributed by atoms with Gasteiger partial charge in [0.2, 0.25) is 0 Å². The summed E-state index contributed by atoms with van der Waals surface area (Å²) in [6.45, 7) is 0. The third-order valence-electron chi connectivity index (χ3n) is 3.04. The Labute approximate surface area is 99.8 Å². The van der Waals surface area contributed by atoms with E-state index >= 15 is 0 Å². The monoisotopic (exact) mass is 226 g/mol. The molecule has 0 radical (unpaired) electrons. The van der Waals surface area contributed by atoms with Crippen molar-refractivity contribution < 1.29 is 0 Å². The minimum atomic E-state index is 0.170. The lowest BCUT2D eigenvalue weighted by atomic mass is 10.2. The fourth-order valence-electron chi connectivity index (χ4n) is 2.17. The van der Waals surface area contributed by atoms with Crippen LogP contribution in [0.4, 0.5) is 0 Å². The molecule has 0 amide bonds. The van der Waals surface area contributed by atoms with E-state index in [0.29, 0.717) is 0 Å². The van der Waals surface area contributed by atoms with Gasteiger partial charge in [-0.3, -0.25) is 0 Å². The Morgan fingerprint density at radius 3 is 2.76 bits per heavy atom. The van der Waals surface area contributed by atoms with Gasteiger partial charge in [-0.15, -0.1) is 5.10 Å². The number of nitrogens with two attached hydrogens (primary N) is 1. The van der Waals surface area contributed by atoms with Crippen LogP contribution in [-0.4, -0.2) is 21.0 Å². The van der Waals surface area contributed by atoms with Gasteiger partial charge in [-0.05, 0) is 30.5 Å². The average molecular weight is 226 g/mol. The summed E-state index contributed by atoms with van der Waals surface area (Å²) in [6.07, 6.45) is 5.92. The normalized spacial score (nSPS) is 19.4. The first-order valence-electron chi connectivity index (χ1n) is 5.77. The summed E-state index contributed by atoms with van der Waals surface area (Å²) in [5.41, 5.74) is 9.21. The first kappa shape index (κ1) is 10.2. The largest absolute Gasteiger partial charge is 0.324 e. The van der Waals surface area contributed by atoms with Crippen molar-refractivity contribution in [2.75, 3.05) is 0 Å². The van der Waals surface area contributed by atoms with Crippen LogP contribution in [0.3, 0.4) is 0 Å². The molecule has 3 rings (SSSR count). The zero-order valence-corrected chi connectivity index (χ0v) is 9.45. The molecule has 2 N–H and O–H groups in total. The Balaban J connectivity index is 2.03. The molecule has 0 aliphatic heterocycles. The summed E-state index contributed by atoms with van der Waals surface area (Å²) in [4.78, 5) is 0. The van der Waals surface area contributed by atoms with E-state index < -0.39 is 0 Å². The van der Waals surface area contributed by atoms with Crippen molar-refractivity contribution in [3.05, 3.63) is 48.3 Å². The van der Waals surface area contributed by atoms with Crippen LogP contribution in [0, 0.1) is 0 Å². The number of rotatable bonds is 2. The second-order valence-electron chi connectivity index (χ2n) is 4.26. The van der Waals surface area contributed by atoms with E-state index in [4.69, 9.17) is 5.73 Å². The lowest BCUT2D eigenvalue weighted by Gasteiger charge is -2.06. The minimum absolute atomic E-state index is 0.170. The highest BCUT2D eigenvalue weighted by atomic mass is 15.4. The number of aromatic nitrogens is 3. The van der Waals surface area contributed by atoms with Crippen molar-refractivity contribution in [2.45, 2.75) is 18.9 Å². The second kappa shape index (κ2) is 4.14. The zero-order chi connectivity index (χ0) is 11.7. The summed E-state index contributed by atoms with van der Waals surface area (Å²) >= 11 is 0. The molecule has 4 heteroatoms. The summed E-state index contributed by atoms with van der Waals surface area (Å²) in [7, 11) is 0. The third kappa shape index (κ3) is 1.87. The third-order valence-corrected chi connectivity index (χ3v) is 3.04. The molecule has 1 aromatic heterocycles. The predicted octanol–water partition coefficient (Wildman–Crippen LogP) is 1.77. The number of benzene rings is 1. The van der Waals surface area contributed by atoms with Crippen LogP contribution in [0.1, 0.15) is 18.5 Å². The highest BCUT2D eigenvalue weighted by Gasteiger charge is 2.17. The molecular formula is C13H14N4. The Morgan fingerprint density at radius 1 is 1.24 bits per heavy atom. The molecule has 2 aromatic rings. The van der Waals surface area contributed by atoms with E-state index in [-0.39, 0.29) is 6.04 Å². The smallest absolute Gasteiger partial charge is 0.0901 e. The first-order chi connectivity index (χ1) is 8.34. The van der Waals surface area contributed by atoms with Gasteiger partial charge in [0.15, 0.2) is 0 Å². The molecular weight excluding hydrogens is 212 g/mol. The standard InChI is InChI=1S/C13H14N4/c14-11-7-6-10(8-11)13-9-15-16-17(13)12-4-2-1-3-5-12/h1-5,8-9,11H,6-7,14H2. The molecule has 0 saturated carbocycles. The van der Waals surface area contributed by atoms with Crippen molar-refractivity contribution in [1.82, 2.24) is 15.0 Å². The Bertz CT molecular complexity index is 542. The van der Waals surface area contributed by atoms with Crippen molar-refractivity contribution >= 4 is 5.57 Å². The van der Waals surface area contributed by atoms with E-state index in [1.54, 1.807) is 6.20 Å². The van der Waals surface area contributed by atoms with Gasteiger partial charge in [0.25, 0.3) is 0 Å². The van der Waals surface area contributed by atoms with Crippen molar-refractivity contribution in [1.29, 1.82) is 0 Å². The summed E-state index contributed by atoms with van der Waals surface area (Å²) in [5.74, 6) is 0. The molecule has 1 aliphatic rings. The van der Waals surface area contributed by atoms with Gasteiger partial charge in [-0.2, -0.15) is 0 Å². The number of allylic oxidation sites excluding steroid dienone is 1. The molecule has 0 bridgehead atoms. The van der Waals surface area contributed by atoms with Gasteiger partial charge in [0.05, 0.1) is 17.6 Å². The highest BCUT2D eigenvalue weighted by molar-refractivity contribution is 5.66. The van der Waals surface area contributed by atoms with E-state index in [2.05, 4.69) is 16.4 Å². The highest BCUT2D eigenvalue weighted by Crippen LogP contribution is 2.27. The topological polar surface area (TPSA) is 56.7 Å². The van der Waals surface area contributed by atoms with Gasteiger partial charge in [0.1, 0.15) is 0 Å². The van der Waals surface area contributed by atoms with Gasteiger partial charge in [-0.25, -0.2) is 4.68 Å². The number of para-hydroxylation sites is 1. The Kier molecular flexibility index (Phi) is 2.49. The molecule has 17 heavy (non-hydrogen) atoms. The molecule has 1 aromatic carbocycles. The quantitative estimate of drug-likeness (QED) is 0.849. The van der Waals surface area contributed by atoms with Crippen molar-refractivity contribution in [3.63, 3.8) is 0 Å². The summed E-state index contributed by atoms with van der Waals surface area (Å²) < 4.78 is 1.86. The van der Waals surface area contributed by atoms with E-state index in [0.717, 1.165) is 24.2 Å². The van der Waals surface area contributed by atoms with Crippen molar-refractivity contribution in [3.8, 4) is 5.69 Å². The molecule has 4 nitrogen and oxygen atoms in total. The van der Waals surface area contributed by atoms with E-state index in [1.807, 2.05) is 35.0 Å². The number of hydrogen-bond donors (Lipinski definition) is 1. The van der Waals surface area contributed by atoms with Crippen LogP contribution in [0.15, 0.2) is 42.6 Å². The minimum Gasteiger partial charge on any atom is -0.324 e. The second-order valence-corrected chi connectivity index (χ2v) is 4.26. The zero-order valence-electron chi connectivity index (χ0n) is 9.45. The van der Waals surface area contributed by atoms with Crippen LogP contribution in [0.2, 0.25) is 0 Å². The Hall–Kier alpha value is -1.94. The molecule has 1 unspecified atom stereocenters. The maximum Gasteiger partial charge on any atom is 0.0901 e. The fraction of sp³-hybridized carbons (Fsp3) is 0.231. The van der Waals surface area contributed by atoms with Gasteiger partial charge < -0.3 is 5.73 Å². The molecule has 86 valence electrons. The molecule has 1 aliphatic carbocycles. The SMILES string of the molecule is NC1C=C(c2cnnn2-c2ccccc2)CC1. The van der Waals surface area contributed by atoms with Crippen LogP contribution in [0.5, 0.6) is 0 Å². The average Bonchev–Trinajstić information content (AvgIpc) is 2.98. The number of nitrogens with zero attached hydrogens (tertiary/aromatic N) is 3. The lowest BCUT2D eigenvalue weighted by Crippen LogP contribution is -2.11. The molecule has 1 atom stereocenters. The molecule has 0 fully saturated rings. The molecule has 0 spiro atoms. The van der Waals surface area contributed by atoms with Gasteiger partial charge >= 0.3 is 0 Å². The van der Waals surface area contributed by atoms with Crippen LogP contribution >= 0.6 is 0 Å². The van der Waals surface area contributed by atoms with Crippen LogP contribution in [-0.2, 0) is 0 Å². The first-order valence-corrected chi connectivity index (χ1v) is 5.77. The maximum absolute atomic E-state index is 5.89. The van der Waals surface area contributed by atoms with Crippen molar-refractivity contribution in [2.24, 2.45) is 5.73 Å². The van der Waals surface area contributed by atoms with Gasteiger partial charge in [-0.1, -0.05) is 29.5 Å². The van der Waals surface area contributed by atoms with Gasteiger partial charge in [0, 0.05) is 6.04 Å². The predicted molar refractivity (Wildman–Crippen MR) is 66.5 cm³/mol. The fourth-order valence-corrected chi connectivity index (χ4v) is 2.17. The number of hydrogen-bond acceptors (Lipinski definition) is 3. The molecule has 0 saturated heterocycles. The maximum atomic E-state index is 5.89. The summed E-state index contributed by atoms with van der Waals surface area (Å²) in [5, 5.41) is 8.14.